The average molecular weight is 341 g/mol. The molecule has 0 aliphatic carbocycles. The van der Waals surface area contributed by atoms with Gasteiger partial charge in [0.1, 0.15) is 0 Å². The minimum atomic E-state index is -4.00. The van der Waals surface area contributed by atoms with Crippen molar-refractivity contribution in [2.24, 2.45) is 0 Å². The lowest BCUT2D eigenvalue weighted by Gasteiger charge is -2.09. The zero-order valence-electron chi connectivity index (χ0n) is 11.6. The van der Waals surface area contributed by atoms with Crippen LogP contribution in [0.15, 0.2) is 47.4 Å². The Balaban J connectivity index is 2.29. The molecule has 0 unspecified atom stereocenters. The molecule has 6 nitrogen and oxygen atoms in total. The van der Waals surface area contributed by atoms with Crippen LogP contribution in [0.25, 0.3) is 0 Å². The molecule has 0 saturated carbocycles. The van der Waals surface area contributed by atoms with Crippen molar-refractivity contribution in [2.75, 3.05) is 0 Å². The van der Waals surface area contributed by atoms with E-state index in [-0.39, 0.29) is 11.4 Å². The van der Waals surface area contributed by atoms with E-state index >= 15 is 0 Å². The Labute approximate surface area is 132 Å². The molecule has 0 atom stereocenters. The highest BCUT2D eigenvalue weighted by atomic mass is 35.5. The maximum Gasteiger partial charge on any atom is 0.289 e. The smallest absolute Gasteiger partial charge is 0.258 e. The number of nitro groups is 1. The van der Waals surface area contributed by atoms with Crippen molar-refractivity contribution in [1.29, 1.82) is 0 Å². The Bertz CT molecular complexity index is 821. The van der Waals surface area contributed by atoms with E-state index in [1.807, 2.05) is 6.92 Å². The largest absolute Gasteiger partial charge is 0.289 e. The van der Waals surface area contributed by atoms with E-state index in [2.05, 4.69) is 4.72 Å². The standard InChI is InChI=1S/C14H13ClN2O4S/c1-10-6-7-12(15)8-11(10)9-16-22(20,21)14-5-3-2-4-13(14)17(18)19/h2-8,16H,9H2,1H3. The number of hydrogen-bond donors (Lipinski definition) is 1. The van der Waals surface area contributed by atoms with Gasteiger partial charge in [-0.05, 0) is 36.2 Å². The molecule has 0 radical (unpaired) electrons. The number of sulfonamides is 1. The molecule has 2 rings (SSSR count). The van der Waals surface area contributed by atoms with Gasteiger partial charge in [0.15, 0.2) is 4.90 Å². The Morgan fingerprint density at radius 3 is 2.59 bits per heavy atom. The average Bonchev–Trinajstić information content (AvgIpc) is 2.48. The monoisotopic (exact) mass is 340 g/mol. The van der Waals surface area contributed by atoms with Crippen LogP contribution < -0.4 is 4.72 Å². The fourth-order valence-electron chi connectivity index (χ4n) is 1.92. The lowest BCUT2D eigenvalue weighted by molar-refractivity contribution is -0.387. The molecule has 0 amide bonds. The third kappa shape index (κ3) is 3.62. The molecule has 0 bridgehead atoms. The second kappa shape index (κ2) is 6.43. The molecule has 0 spiro atoms. The van der Waals surface area contributed by atoms with E-state index in [4.69, 9.17) is 11.6 Å². The van der Waals surface area contributed by atoms with Gasteiger partial charge in [0.2, 0.25) is 10.0 Å². The molecule has 8 heteroatoms. The van der Waals surface area contributed by atoms with Crippen molar-refractivity contribution in [3.63, 3.8) is 0 Å². The van der Waals surface area contributed by atoms with E-state index in [0.29, 0.717) is 10.6 Å². The number of halogens is 1. The van der Waals surface area contributed by atoms with Crippen molar-refractivity contribution in [2.45, 2.75) is 18.4 Å². The second-order valence-electron chi connectivity index (χ2n) is 4.62. The zero-order chi connectivity index (χ0) is 16.3. The lowest BCUT2D eigenvalue weighted by atomic mass is 10.1. The quantitative estimate of drug-likeness (QED) is 0.669. The van der Waals surface area contributed by atoms with E-state index in [0.717, 1.165) is 11.6 Å². The molecule has 0 saturated heterocycles. The van der Waals surface area contributed by atoms with Gasteiger partial charge in [0.05, 0.1) is 4.92 Å². The van der Waals surface area contributed by atoms with E-state index in [1.54, 1.807) is 18.2 Å². The number of benzene rings is 2. The molecule has 2 aromatic rings. The summed E-state index contributed by atoms with van der Waals surface area (Å²) in [5.74, 6) is 0. The van der Waals surface area contributed by atoms with Crippen LogP contribution in [0.1, 0.15) is 11.1 Å². The molecule has 0 aromatic heterocycles. The summed E-state index contributed by atoms with van der Waals surface area (Å²) in [7, 11) is -4.00. The van der Waals surface area contributed by atoms with Gasteiger partial charge >= 0.3 is 0 Å². The topological polar surface area (TPSA) is 89.3 Å². The second-order valence-corrected chi connectivity index (χ2v) is 6.79. The van der Waals surface area contributed by atoms with Gasteiger partial charge in [-0.3, -0.25) is 10.1 Å². The first kappa shape index (κ1) is 16.4. The van der Waals surface area contributed by atoms with Crippen LogP contribution in [-0.2, 0) is 16.6 Å². The molecule has 0 heterocycles. The highest BCUT2D eigenvalue weighted by Crippen LogP contribution is 2.23. The van der Waals surface area contributed by atoms with Crippen LogP contribution in [0, 0.1) is 17.0 Å². The van der Waals surface area contributed by atoms with E-state index in [1.165, 1.54) is 18.2 Å². The molecule has 0 aliphatic heterocycles. The normalized spacial score (nSPS) is 11.4. The van der Waals surface area contributed by atoms with Crippen molar-refractivity contribution in [1.82, 2.24) is 4.72 Å². The number of nitro benzene ring substituents is 1. The fraction of sp³-hybridized carbons (Fsp3) is 0.143. The van der Waals surface area contributed by atoms with Gasteiger partial charge in [0, 0.05) is 17.6 Å². The van der Waals surface area contributed by atoms with Gasteiger partial charge in [-0.25, -0.2) is 13.1 Å². The summed E-state index contributed by atoms with van der Waals surface area (Å²) in [6.45, 7) is 1.83. The molecular weight excluding hydrogens is 328 g/mol. The molecule has 0 fully saturated rings. The number of aryl methyl sites for hydroxylation is 1. The molecule has 0 aliphatic rings. The highest BCUT2D eigenvalue weighted by Gasteiger charge is 2.24. The first-order valence-corrected chi connectivity index (χ1v) is 8.15. The van der Waals surface area contributed by atoms with E-state index in [9.17, 15) is 18.5 Å². The highest BCUT2D eigenvalue weighted by molar-refractivity contribution is 7.89. The van der Waals surface area contributed by atoms with Crippen LogP contribution in [0.5, 0.6) is 0 Å². The Kier molecular flexibility index (Phi) is 4.80. The molecule has 2 aromatic carbocycles. The molecule has 116 valence electrons. The molecular formula is C14H13ClN2O4S. The molecule has 22 heavy (non-hydrogen) atoms. The molecule has 1 N–H and O–H groups in total. The van der Waals surface area contributed by atoms with Gasteiger partial charge in [-0.15, -0.1) is 0 Å². The maximum atomic E-state index is 12.3. The lowest BCUT2D eigenvalue weighted by Crippen LogP contribution is -2.24. The van der Waals surface area contributed by atoms with Crippen LogP contribution in [-0.4, -0.2) is 13.3 Å². The third-order valence-electron chi connectivity index (χ3n) is 3.12. The number of hydrogen-bond acceptors (Lipinski definition) is 4. The van der Waals surface area contributed by atoms with Crippen LogP contribution in [0.4, 0.5) is 5.69 Å². The predicted octanol–water partition coefficient (Wildman–Crippen LogP) is 3.04. The Morgan fingerprint density at radius 2 is 1.91 bits per heavy atom. The zero-order valence-corrected chi connectivity index (χ0v) is 13.2. The minimum Gasteiger partial charge on any atom is -0.258 e. The summed E-state index contributed by atoms with van der Waals surface area (Å²) >= 11 is 5.88. The van der Waals surface area contributed by atoms with Crippen molar-refractivity contribution in [3.8, 4) is 0 Å². The predicted molar refractivity (Wildman–Crippen MR) is 83.3 cm³/mol. The van der Waals surface area contributed by atoms with Crippen molar-refractivity contribution in [3.05, 3.63) is 68.7 Å². The van der Waals surface area contributed by atoms with E-state index < -0.39 is 20.6 Å². The minimum absolute atomic E-state index is 0.000769. The van der Waals surface area contributed by atoms with Crippen molar-refractivity contribution >= 4 is 27.3 Å². The first-order valence-electron chi connectivity index (χ1n) is 6.29. The summed E-state index contributed by atoms with van der Waals surface area (Å²) in [6.07, 6.45) is 0. The number of para-hydroxylation sites is 1. The Hall–Kier alpha value is -1.96. The van der Waals surface area contributed by atoms with Gasteiger partial charge in [-0.1, -0.05) is 29.8 Å². The fourth-order valence-corrected chi connectivity index (χ4v) is 3.29. The Morgan fingerprint density at radius 1 is 1.23 bits per heavy atom. The maximum absolute atomic E-state index is 12.3. The first-order chi connectivity index (χ1) is 10.3. The van der Waals surface area contributed by atoms with Crippen LogP contribution >= 0.6 is 11.6 Å². The third-order valence-corrected chi connectivity index (χ3v) is 4.80. The number of nitrogens with zero attached hydrogens (tertiary/aromatic N) is 1. The summed E-state index contributed by atoms with van der Waals surface area (Å²) in [4.78, 5) is 9.85. The van der Waals surface area contributed by atoms with Gasteiger partial charge < -0.3 is 0 Å². The van der Waals surface area contributed by atoms with Crippen molar-refractivity contribution < 1.29 is 13.3 Å². The van der Waals surface area contributed by atoms with Crippen LogP contribution in [0.2, 0.25) is 5.02 Å². The number of rotatable bonds is 5. The van der Waals surface area contributed by atoms with Gasteiger partial charge in [-0.2, -0.15) is 0 Å². The number of nitrogens with one attached hydrogen (secondary N) is 1. The SMILES string of the molecule is Cc1ccc(Cl)cc1CNS(=O)(=O)c1ccccc1[N+](=O)[O-]. The summed E-state index contributed by atoms with van der Waals surface area (Å²) < 4.78 is 26.9. The van der Waals surface area contributed by atoms with Gasteiger partial charge in [0.25, 0.3) is 5.69 Å². The summed E-state index contributed by atoms with van der Waals surface area (Å²) in [5.41, 5.74) is 1.11. The summed E-state index contributed by atoms with van der Waals surface area (Å²) in [6, 6.07) is 10.3. The van der Waals surface area contributed by atoms with Crippen LogP contribution in [0.3, 0.4) is 0 Å². The summed E-state index contributed by atoms with van der Waals surface area (Å²) in [5, 5.41) is 11.4.